The van der Waals surface area contributed by atoms with Gasteiger partial charge in [0.2, 0.25) is 5.76 Å². The Hall–Kier alpha value is -2.54. The highest BCUT2D eigenvalue weighted by atomic mass is 16.5. The smallest absolute Gasteiger partial charge is 0.374 e. The molecule has 0 unspecified atom stereocenters. The Bertz CT molecular complexity index is 649. The Balaban J connectivity index is 2.64. The number of ether oxygens (including phenoxy) is 3. The standard InChI is InChI=1S/C14H15NO6/c1-18-7-8-10(19-2)4-5-11(20-3)13(8)9-6-12(14(16)17)21-15-9/h4-6H,7H2,1-3H3,(H,16,17). The summed E-state index contributed by atoms with van der Waals surface area (Å²) in [6.07, 6.45) is 0. The van der Waals surface area contributed by atoms with Crippen molar-refractivity contribution in [1.82, 2.24) is 5.16 Å². The molecule has 0 atom stereocenters. The minimum Gasteiger partial charge on any atom is -0.496 e. The zero-order chi connectivity index (χ0) is 15.4. The molecule has 0 fully saturated rings. The Morgan fingerprint density at radius 2 is 1.90 bits per heavy atom. The van der Waals surface area contributed by atoms with Crippen molar-refractivity contribution in [2.45, 2.75) is 6.61 Å². The molecule has 1 aromatic carbocycles. The van der Waals surface area contributed by atoms with E-state index in [1.165, 1.54) is 20.3 Å². The Morgan fingerprint density at radius 3 is 2.43 bits per heavy atom. The number of nitrogens with zero attached hydrogens (tertiary/aromatic N) is 1. The second kappa shape index (κ2) is 6.27. The average molecular weight is 293 g/mol. The van der Waals surface area contributed by atoms with Crippen LogP contribution in [0.1, 0.15) is 16.1 Å². The zero-order valence-electron chi connectivity index (χ0n) is 11.9. The molecule has 7 heteroatoms. The second-order valence-corrected chi connectivity index (χ2v) is 4.14. The number of hydrogen-bond donors (Lipinski definition) is 1. The Kier molecular flexibility index (Phi) is 4.44. The molecule has 0 saturated heterocycles. The molecule has 0 bridgehead atoms. The summed E-state index contributed by atoms with van der Waals surface area (Å²) in [5.41, 5.74) is 1.62. The average Bonchev–Trinajstić information content (AvgIpc) is 2.96. The third kappa shape index (κ3) is 2.82. The van der Waals surface area contributed by atoms with Gasteiger partial charge in [-0.25, -0.2) is 4.79 Å². The molecule has 21 heavy (non-hydrogen) atoms. The summed E-state index contributed by atoms with van der Waals surface area (Å²) in [6, 6.07) is 4.79. The van der Waals surface area contributed by atoms with Crippen LogP contribution in [-0.4, -0.2) is 37.6 Å². The quantitative estimate of drug-likeness (QED) is 0.872. The van der Waals surface area contributed by atoms with Gasteiger partial charge in [-0.15, -0.1) is 0 Å². The van der Waals surface area contributed by atoms with Gasteiger partial charge in [0.15, 0.2) is 0 Å². The lowest BCUT2D eigenvalue weighted by Gasteiger charge is -2.15. The van der Waals surface area contributed by atoms with Crippen LogP contribution in [0.25, 0.3) is 11.3 Å². The summed E-state index contributed by atoms with van der Waals surface area (Å²) < 4.78 is 20.6. The molecule has 2 rings (SSSR count). The molecule has 0 radical (unpaired) electrons. The number of rotatable bonds is 6. The summed E-state index contributed by atoms with van der Waals surface area (Å²) in [5, 5.41) is 12.7. The highest BCUT2D eigenvalue weighted by molar-refractivity contribution is 5.86. The third-order valence-electron chi connectivity index (χ3n) is 2.94. The largest absolute Gasteiger partial charge is 0.496 e. The zero-order valence-corrected chi connectivity index (χ0v) is 11.9. The maximum Gasteiger partial charge on any atom is 0.374 e. The van der Waals surface area contributed by atoms with Crippen molar-refractivity contribution in [3.05, 3.63) is 29.5 Å². The van der Waals surface area contributed by atoms with Crippen molar-refractivity contribution in [3.63, 3.8) is 0 Å². The van der Waals surface area contributed by atoms with Gasteiger partial charge in [-0.2, -0.15) is 0 Å². The third-order valence-corrected chi connectivity index (χ3v) is 2.94. The fourth-order valence-electron chi connectivity index (χ4n) is 2.03. The van der Waals surface area contributed by atoms with Crippen LogP contribution in [0.2, 0.25) is 0 Å². The number of hydrogen-bond acceptors (Lipinski definition) is 6. The van der Waals surface area contributed by atoms with E-state index in [0.717, 1.165) is 0 Å². The summed E-state index contributed by atoms with van der Waals surface area (Å²) >= 11 is 0. The van der Waals surface area contributed by atoms with Gasteiger partial charge in [-0.05, 0) is 12.1 Å². The SMILES string of the molecule is COCc1c(OC)ccc(OC)c1-c1cc(C(=O)O)on1. The van der Waals surface area contributed by atoms with Crippen LogP contribution in [0.4, 0.5) is 0 Å². The Morgan fingerprint density at radius 1 is 1.24 bits per heavy atom. The fourth-order valence-corrected chi connectivity index (χ4v) is 2.03. The van der Waals surface area contributed by atoms with E-state index in [-0.39, 0.29) is 12.4 Å². The van der Waals surface area contributed by atoms with Gasteiger partial charge in [0.25, 0.3) is 0 Å². The normalized spacial score (nSPS) is 10.4. The molecule has 0 spiro atoms. The molecule has 7 nitrogen and oxygen atoms in total. The van der Waals surface area contributed by atoms with Gasteiger partial charge >= 0.3 is 5.97 Å². The van der Waals surface area contributed by atoms with Gasteiger partial charge in [0, 0.05) is 18.7 Å². The van der Waals surface area contributed by atoms with Crippen molar-refractivity contribution in [2.75, 3.05) is 21.3 Å². The van der Waals surface area contributed by atoms with Crippen molar-refractivity contribution in [2.24, 2.45) is 0 Å². The number of carboxylic acid groups (broad SMARTS) is 1. The van der Waals surface area contributed by atoms with E-state index in [0.29, 0.717) is 28.3 Å². The monoisotopic (exact) mass is 293 g/mol. The van der Waals surface area contributed by atoms with Gasteiger partial charge in [-0.3, -0.25) is 0 Å². The number of aromatic nitrogens is 1. The van der Waals surface area contributed by atoms with Crippen LogP contribution >= 0.6 is 0 Å². The van der Waals surface area contributed by atoms with Crippen LogP contribution in [-0.2, 0) is 11.3 Å². The molecule has 0 aliphatic rings. The molecule has 0 amide bonds. The maximum absolute atomic E-state index is 10.9. The molecular formula is C14H15NO6. The van der Waals surface area contributed by atoms with Crippen LogP contribution < -0.4 is 9.47 Å². The molecular weight excluding hydrogens is 278 g/mol. The lowest BCUT2D eigenvalue weighted by Crippen LogP contribution is -2.00. The van der Waals surface area contributed by atoms with E-state index in [4.69, 9.17) is 23.8 Å². The minimum absolute atomic E-state index is 0.252. The molecule has 1 N–H and O–H groups in total. The minimum atomic E-state index is -1.19. The number of methoxy groups -OCH3 is 3. The van der Waals surface area contributed by atoms with Gasteiger partial charge < -0.3 is 23.8 Å². The van der Waals surface area contributed by atoms with Crippen LogP contribution in [0, 0.1) is 0 Å². The first-order valence-corrected chi connectivity index (χ1v) is 6.05. The first-order chi connectivity index (χ1) is 10.1. The molecule has 0 aliphatic heterocycles. The van der Waals surface area contributed by atoms with Crippen LogP contribution in [0.5, 0.6) is 11.5 Å². The van der Waals surface area contributed by atoms with Crippen LogP contribution in [0.3, 0.4) is 0 Å². The number of aromatic carboxylic acids is 1. The van der Waals surface area contributed by atoms with Crippen molar-refractivity contribution in [1.29, 1.82) is 0 Å². The predicted octanol–water partition coefficient (Wildman–Crippen LogP) is 2.20. The molecule has 1 aromatic heterocycles. The number of carboxylic acids is 1. The first kappa shape index (κ1) is 14.9. The van der Waals surface area contributed by atoms with Crippen molar-refractivity contribution >= 4 is 5.97 Å². The summed E-state index contributed by atoms with van der Waals surface area (Å²) in [5.74, 6) is -0.331. The van der Waals surface area contributed by atoms with Crippen molar-refractivity contribution in [3.8, 4) is 22.8 Å². The van der Waals surface area contributed by atoms with E-state index in [1.807, 2.05) is 0 Å². The van der Waals surface area contributed by atoms with E-state index in [9.17, 15) is 4.79 Å². The number of benzene rings is 1. The lowest BCUT2D eigenvalue weighted by molar-refractivity contribution is 0.0652. The summed E-state index contributed by atoms with van der Waals surface area (Å²) in [4.78, 5) is 10.9. The van der Waals surface area contributed by atoms with E-state index < -0.39 is 5.97 Å². The molecule has 0 saturated carbocycles. The molecule has 0 aliphatic carbocycles. The lowest BCUT2D eigenvalue weighted by atomic mass is 10.0. The predicted molar refractivity (Wildman–Crippen MR) is 72.7 cm³/mol. The molecule has 2 aromatic rings. The molecule has 112 valence electrons. The summed E-state index contributed by atoms with van der Waals surface area (Å²) in [7, 11) is 4.60. The number of carbonyl (C=O) groups is 1. The summed E-state index contributed by atoms with van der Waals surface area (Å²) in [6.45, 7) is 0.255. The van der Waals surface area contributed by atoms with Gasteiger partial charge in [0.1, 0.15) is 17.2 Å². The van der Waals surface area contributed by atoms with Gasteiger partial charge in [-0.1, -0.05) is 5.16 Å². The fraction of sp³-hybridized carbons (Fsp3) is 0.286. The van der Waals surface area contributed by atoms with Crippen molar-refractivity contribution < 1.29 is 28.6 Å². The second-order valence-electron chi connectivity index (χ2n) is 4.14. The highest BCUT2D eigenvalue weighted by Crippen LogP contribution is 2.38. The van der Waals surface area contributed by atoms with E-state index in [1.54, 1.807) is 19.2 Å². The highest BCUT2D eigenvalue weighted by Gasteiger charge is 2.21. The van der Waals surface area contributed by atoms with Gasteiger partial charge in [0.05, 0.1) is 26.4 Å². The maximum atomic E-state index is 10.9. The van der Waals surface area contributed by atoms with E-state index in [2.05, 4.69) is 5.16 Å². The topological polar surface area (TPSA) is 91.0 Å². The molecule has 1 heterocycles. The first-order valence-electron chi connectivity index (χ1n) is 6.05. The van der Waals surface area contributed by atoms with E-state index >= 15 is 0 Å². The van der Waals surface area contributed by atoms with Crippen LogP contribution in [0.15, 0.2) is 22.7 Å². The Labute approximate surface area is 121 Å².